The van der Waals surface area contributed by atoms with E-state index in [0.717, 1.165) is 23.2 Å². The zero-order valence-corrected chi connectivity index (χ0v) is 14.0. The van der Waals surface area contributed by atoms with E-state index in [1.807, 2.05) is 13.1 Å². The van der Waals surface area contributed by atoms with E-state index < -0.39 is 0 Å². The first-order chi connectivity index (χ1) is 10.2. The highest BCUT2D eigenvalue weighted by atomic mass is 79.9. The minimum absolute atomic E-state index is 0.270. The average molecular weight is 346 g/mol. The summed E-state index contributed by atoms with van der Waals surface area (Å²) in [7, 11) is 1.97. The van der Waals surface area contributed by atoms with Gasteiger partial charge in [-0.05, 0) is 49.7 Å². The van der Waals surface area contributed by atoms with Crippen molar-refractivity contribution < 1.29 is 4.74 Å². The van der Waals surface area contributed by atoms with Gasteiger partial charge in [0.1, 0.15) is 5.75 Å². The number of benzene rings is 2. The maximum Gasteiger partial charge on any atom is 0.124 e. The summed E-state index contributed by atoms with van der Waals surface area (Å²) >= 11 is 3.54. The van der Waals surface area contributed by atoms with Gasteiger partial charge in [-0.3, -0.25) is 0 Å². The molecule has 3 heteroatoms. The largest absolute Gasteiger partial charge is 0.493 e. The molecule has 0 amide bonds. The summed E-state index contributed by atoms with van der Waals surface area (Å²) in [6, 6.07) is 15.1. The Morgan fingerprint density at radius 3 is 2.86 bits per heavy atom. The summed E-state index contributed by atoms with van der Waals surface area (Å²) in [5.74, 6) is 1.51. The van der Waals surface area contributed by atoms with E-state index in [2.05, 4.69) is 64.6 Å². The van der Waals surface area contributed by atoms with Crippen LogP contribution in [0.2, 0.25) is 0 Å². The molecule has 0 heterocycles. The molecule has 0 radical (unpaired) electrons. The molecule has 3 rings (SSSR count). The Morgan fingerprint density at radius 1 is 1.29 bits per heavy atom. The third-order valence-corrected chi connectivity index (χ3v) is 4.77. The van der Waals surface area contributed by atoms with Crippen LogP contribution in [0.1, 0.15) is 35.6 Å². The number of hydrogen-bond acceptors (Lipinski definition) is 2. The highest BCUT2D eigenvalue weighted by Gasteiger charge is 2.26. The first kappa shape index (κ1) is 14.6. The highest BCUT2D eigenvalue weighted by molar-refractivity contribution is 9.10. The molecule has 2 nitrogen and oxygen atoms in total. The van der Waals surface area contributed by atoms with E-state index >= 15 is 0 Å². The van der Waals surface area contributed by atoms with Crippen LogP contribution in [0, 0.1) is 0 Å². The van der Waals surface area contributed by atoms with E-state index in [-0.39, 0.29) is 6.04 Å². The maximum absolute atomic E-state index is 6.12. The molecule has 110 valence electrons. The van der Waals surface area contributed by atoms with Gasteiger partial charge >= 0.3 is 0 Å². The molecule has 2 aromatic rings. The fourth-order valence-corrected chi connectivity index (χ4v) is 3.23. The second-order valence-corrected chi connectivity index (χ2v) is 6.52. The standard InChI is InChI=1S/C18H20BrNO/c1-12(20-2)17-10-15(19)7-8-18(17)21-11-14-9-13-5-3-4-6-16(13)14/h3-8,10,12,14,20H,9,11H2,1-2H3. The normalized spacial score (nSPS) is 17.8. The lowest BCUT2D eigenvalue weighted by atomic mass is 9.78. The molecule has 0 bridgehead atoms. The minimum atomic E-state index is 0.270. The molecule has 0 saturated heterocycles. The zero-order chi connectivity index (χ0) is 14.8. The topological polar surface area (TPSA) is 21.3 Å². The van der Waals surface area contributed by atoms with Gasteiger partial charge in [-0.2, -0.15) is 0 Å². The van der Waals surface area contributed by atoms with Gasteiger partial charge in [-0.15, -0.1) is 0 Å². The van der Waals surface area contributed by atoms with Crippen LogP contribution in [0.15, 0.2) is 46.9 Å². The van der Waals surface area contributed by atoms with Crippen molar-refractivity contribution in [1.29, 1.82) is 0 Å². The summed E-state index contributed by atoms with van der Waals surface area (Å²) in [5.41, 5.74) is 4.10. The van der Waals surface area contributed by atoms with E-state index in [4.69, 9.17) is 4.74 Å². The molecule has 2 unspecified atom stereocenters. The van der Waals surface area contributed by atoms with E-state index in [1.165, 1.54) is 16.7 Å². The fourth-order valence-electron chi connectivity index (χ4n) is 2.85. The Labute approximate surface area is 134 Å². The van der Waals surface area contributed by atoms with Crippen molar-refractivity contribution in [2.24, 2.45) is 0 Å². The lowest BCUT2D eigenvalue weighted by Crippen LogP contribution is -2.23. The van der Waals surface area contributed by atoms with Crippen molar-refractivity contribution in [1.82, 2.24) is 5.32 Å². The van der Waals surface area contributed by atoms with Crippen molar-refractivity contribution in [3.63, 3.8) is 0 Å². The monoisotopic (exact) mass is 345 g/mol. The SMILES string of the molecule is CNC(C)c1cc(Br)ccc1OCC1Cc2ccccc21. The number of fused-ring (bicyclic) bond motifs is 1. The summed E-state index contributed by atoms with van der Waals surface area (Å²) in [5, 5.41) is 3.28. The van der Waals surface area contributed by atoms with Crippen LogP contribution in [0.3, 0.4) is 0 Å². The quantitative estimate of drug-likeness (QED) is 0.864. The number of ether oxygens (including phenoxy) is 1. The molecule has 21 heavy (non-hydrogen) atoms. The van der Waals surface area contributed by atoms with Crippen LogP contribution in [0.25, 0.3) is 0 Å². The van der Waals surface area contributed by atoms with Gasteiger partial charge in [0.25, 0.3) is 0 Å². The first-order valence-electron chi connectivity index (χ1n) is 7.36. The third-order valence-electron chi connectivity index (χ3n) is 4.27. The van der Waals surface area contributed by atoms with Crippen molar-refractivity contribution in [2.75, 3.05) is 13.7 Å². The predicted octanol–water partition coefficient (Wildman–Crippen LogP) is 4.45. The molecular weight excluding hydrogens is 326 g/mol. The second kappa shape index (κ2) is 6.20. The molecule has 2 atom stereocenters. The third kappa shape index (κ3) is 2.99. The van der Waals surface area contributed by atoms with Crippen molar-refractivity contribution in [3.8, 4) is 5.75 Å². The number of nitrogens with one attached hydrogen (secondary N) is 1. The molecule has 1 N–H and O–H groups in total. The van der Waals surface area contributed by atoms with Crippen molar-refractivity contribution in [2.45, 2.75) is 25.3 Å². The van der Waals surface area contributed by atoms with Crippen LogP contribution in [-0.2, 0) is 6.42 Å². The van der Waals surface area contributed by atoms with Gasteiger partial charge in [0.05, 0.1) is 6.61 Å². The molecule has 2 aromatic carbocycles. The van der Waals surface area contributed by atoms with Crippen LogP contribution in [0.5, 0.6) is 5.75 Å². The lowest BCUT2D eigenvalue weighted by Gasteiger charge is -2.30. The number of hydrogen-bond donors (Lipinski definition) is 1. The molecule has 0 fully saturated rings. The Balaban J connectivity index is 1.72. The number of rotatable bonds is 5. The highest BCUT2D eigenvalue weighted by Crippen LogP contribution is 2.36. The van der Waals surface area contributed by atoms with Gasteiger partial charge < -0.3 is 10.1 Å². The van der Waals surface area contributed by atoms with Crippen LogP contribution in [0.4, 0.5) is 0 Å². The Morgan fingerprint density at radius 2 is 2.10 bits per heavy atom. The molecule has 0 spiro atoms. The molecule has 0 saturated carbocycles. The van der Waals surface area contributed by atoms with Crippen LogP contribution in [-0.4, -0.2) is 13.7 Å². The van der Waals surface area contributed by atoms with Crippen molar-refractivity contribution >= 4 is 15.9 Å². The van der Waals surface area contributed by atoms with Crippen LogP contribution >= 0.6 is 15.9 Å². The summed E-state index contributed by atoms with van der Waals surface area (Å²) in [6.45, 7) is 2.90. The summed E-state index contributed by atoms with van der Waals surface area (Å²) < 4.78 is 7.20. The lowest BCUT2D eigenvalue weighted by molar-refractivity contribution is 0.271. The van der Waals surface area contributed by atoms with Gasteiger partial charge in [0, 0.05) is 22.0 Å². The van der Waals surface area contributed by atoms with E-state index in [0.29, 0.717) is 5.92 Å². The minimum Gasteiger partial charge on any atom is -0.493 e. The molecule has 1 aliphatic rings. The Kier molecular flexibility index (Phi) is 4.32. The predicted molar refractivity (Wildman–Crippen MR) is 90.0 cm³/mol. The Hall–Kier alpha value is -1.32. The molecular formula is C18H20BrNO. The van der Waals surface area contributed by atoms with E-state index in [9.17, 15) is 0 Å². The molecule has 1 aliphatic carbocycles. The average Bonchev–Trinajstić information content (AvgIpc) is 2.48. The van der Waals surface area contributed by atoms with Gasteiger partial charge in [0.15, 0.2) is 0 Å². The smallest absolute Gasteiger partial charge is 0.124 e. The van der Waals surface area contributed by atoms with Gasteiger partial charge in [-0.25, -0.2) is 0 Å². The second-order valence-electron chi connectivity index (χ2n) is 5.60. The first-order valence-corrected chi connectivity index (χ1v) is 8.15. The molecule has 0 aliphatic heterocycles. The maximum atomic E-state index is 6.12. The van der Waals surface area contributed by atoms with Gasteiger partial charge in [0.2, 0.25) is 0 Å². The summed E-state index contributed by atoms with van der Waals surface area (Å²) in [6.07, 6.45) is 1.13. The van der Waals surface area contributed by atoms with Crippen LogP contribution < -0.4 is 10.1 Å². The Bertz CT molecular complexity index is 641. The number of halogens is 1. The zero-order valence-electron chi connectivity index (χ0n) is 12.4. The van der Waals surface area contributed by atoms with E-state index in [1.54, 1.807) is 0 Å². The van der Waals surface area contributed by atoms with Gasteiger partial charge in [-0.1, -0.05) is 40.2 Å². The molecule has 0 aromatic heterocycles. The fraction of sp³-hybridized carbons (Fsp3) is 0.333. The van der Waals surface area contributed by atoms with Crippen molar-refractivity contribution in [3.05, 3.63) is 63.6 Å². The summed E-state index contributed by atoms with van der Waals surface area (Å²) in [4.78, 5) is 0.